The van der Waals surface area contributed by atoms with Crippen molar-refractivity contribution in [2.45, 2.75) is 38.7 Å². The van der Waals surface area contributed by atoms with Crippen LogP contribution in [-0.4, -0.2) is 5.11 Å². The molecule has 0 saturated carbocycles. The molecule has 1 aromatic rings. The lowest BCUT2D eigenvalue weighted by molar-refractivity contribution is -0.00627. The second-order valence-electron chi connectivity index (χ2n) is 4.93. The number of benzene rings is 1. The van der Waals surface area contributed by atoms with Gasteiger partial charge in [0.1, 0.15) is 5.60 Å². The zero-order chi connectivity index (χ0) is 11.9. The first kappa shape index (κ1) is 11.2. The normalized spacial score (nSPS) is 32.2. The van der Waals surface area contributed by atoms with E-state index < -0.39 is 5.60 Å². The molecule has 0 radical (unpaired) electrons. The zero-order valence-corrected chi connectivity index (χ0v) is 9.99. The average molecular weight is 215 g/mol. The zero-order valence-electron chi connectivity index (χ0n) is 9.99. The minimum absolute atomic E-state index is 0.101. The van der Waals surface area contributed by atoms with Crippen LogP contribution in [-0.2, 0) is 5.60 Å². The smallest absolute Gasteiger partial charge is 0.106 e. The van der Waals surface area contributed by atoms with Crippen LogP contribution in [0.5, 0.6) is 0 Å². The molecule has 2 rings (SSSR count). The van der Waals surface area contributed by atoms with Gasteiger partial charge in [-0.05, 0) is 29.9 Å². The van der Waals surface area contributed by atoms with Gasteiger partial charge in [-0.1, -0.05) is 37.6 Å². The third-order valence-corrected chi connectivity index (χ3v) is 4.02. The molecule has 0 spiro atoms. The average Bonchev–Trinajstić information content (AvgIpc) is 2.42. The van der Waals surface area contributed by atoms with Crippen molar-refractivity contribution < 1.29 is 5.11 Å². The molecular weight excluding hydrogens is 198 g/mol. The van der Waals surface area contributed by atoms with Crippen LogP contribution in [0.2, 0.25) is 0 Å². The molecule has 0 amide bonds. The van der Waals surface area contributed by atoms with Gasteiger partial charge in [-0.2, -0.15) is 5.26 Å². The van der Waals surface area contributed by atoms with Gasteiger partial charge in [-0.15, -0.1) is 0 Å². The molecule has 0 saturated heterocycles. The molecular formula is C14H17NO. The summed E-state index contributed by atoms with van der Waals surface area (Å²) in [4.78, 5) is 0. The van der Waals surface area contributed by atoms with Gasteiger partial charge in [0, 0.05) is 0 Å². The van der Waals surface area contributed by atoms with E-state index in [9.17, 15) is 5.11 Å². The molecule has 1 aromatic carbocycles. The molecule has 3 unspecified atom stereocenters. The van der Waals surface area contributed by atoms with E-state index in [0.29, 0.717) is 5.92 Å². The van der Waals surface area contributed by atoms with Crippen molar-refractivity contribution in [1.82, 2.24) is 0 Å². The number of aliphatic hydroxyl groups is 1. The van der Waals surface area contributed by atoms with Crippen LogP contribution in [0.15, 0.2) is 18.2 Å². The lowest BCUT2D eigenvalue weighted by atomic mass is 9.83. The molecule has 0 fully saturated rings. The summed E-state index contributed by atoms with van der Waals surface area (Å²) < 4.78 is 0. The molecule has 1 aliphatic carbocycles. The van der Waals surface area contributed by atoms with Crippen LogP contribution >= 0.6 is 0 Å². The Labute approximate surface area is 96.5 Å². The Kier molecular flexibility index (Phi) is 2.52. The third-order valence-electron chi connectivity index (χ3n) is 4.02. The van der Waals surface area contributed by atoms with E-state index in [1.807, 2.05) is 19.9 Å². The van der Waals surface area contributed by atoms with Crippen LogP contribution in [0.25, 0.3) is 0 Å². The van der Waals surface area contributed by atoms with Crippen LogP contribution in [0.4, 0.5) is 0 Å². The van der Waals surface area contributed by atoms with E-state index in [4.69, 9.17) is 5.26 Å². The maximum Gasteiger partial charge on any atom is 0.106 e. The Morgan fingerprint density at radius 2 is 2.12 bits per heavy atom. The molecule has 1 N–H and O–H groups in total. The third kappa shape index (κ3) is 1.36. The Morgan fingerprint density at radius 3 is 2.75 bits per heavy atom. The summed E-state index contributed by atoms with van der Waals surface area (Å²) in [6.45, 7) is 6.16. The molecule has 0 bridgehead atoms. The lowest BCUT2D eigenvalue weighted by Crippen LogP contribution is -2.30. The van der Waals surface area contributed by atoms with Gasteiger partial charge in [0.05, 0.1) is 12.5 Å². The van der Waals surface area contributed by atoms with Crippen molar-refractivity contribution in [2.75, 3.05) is 0 Å². The lowest BCUT2D eigenvalue weighted by Gasteiger charge is -2.27. The van der Waals surface area contributed by atoms with Gasteiger partial charge in [-0.25, -0.2) is 0 Å². The Hall–Kier alpha value is -1.33. The van der Waals surface area contributed by atoms with Crippen LogP contribution < -0.4 is 0 Å². The first-order valence-electron chi connectivity index (χ1n) is 5.71. The number of hydrogen-bond acceptors (Lipinski definition) is 2. The van der Waals surface area contributed by atoms with Crippen molar-refractivity contribution in [3.05, 3.63) is 34.9 Å². The molecule has 0 heterocycles. The van der Waals surface area contributed by atoms with Crippen molar-refractivity contribution >= 4 is 0 Å². The molecule has 1 aliphatic rings. The standard InChI is InChI=1S/C14H17NO/c1-9-4-5-12-10(2)11(3)14(16,6-7-15)13(12)8-9/h4-5,8,10-11,16H,6H2,1-3H3. The number of hydrogen-bond donors (Lipinski definition) is 1. The highest BCUT2D eigenvalue weighted by molar-refractivity contribution is 5.44. The maximum absolute atomic E-state index is 10.7. The predicted molar refractivity (Wildman–Crippen MR) is 62.9 cm³/mol. The summed E-state index contributed by atoms with van der Waals surface area (Å²) >= 11 is 0. The number of nitriles is 1. The van der Waals surface area contributed by atoms with Crippen LogP contribution in [0.1, 0.15) is 42.9 Å². The SMILES string of the molecule is Cc1ccc2c(c1)C(O)(CC#N)C(C)C2C. The van der Waals surface area contributed by atoms with E-state index in [1.165, 1.54) is 5.56 Å². The molecule has 0 aromatic heterocycles. The quantitative estimate of drug-likeness (QED) is 0.782. The Morgan fingerprint density at radius 1 is 1.44 bits per heavy atom. The molecule has 84 valence electrons. The summed E-state index contributed by atoms with van der Waals surface area (Å²) in [6, 6.07) is 8.29. The summed E-state index contributed by atoms with van der Waals surface area (Å²) in [5, 5.41) is 19.6. The highest BCUT2D eigenvalue weighted by Crippen LogP contribution is 2.50. The fourth-order valence-corrected chi connectivity index (χ4v) is 2.75. The first-order valence-corrected chi connectivity index (χ1v) is 5.71. The van der Waals surface area contributed by atoms with Gasteiger partial charge in [0.2, 0.25) is 0 Å². The van der Waals surface area contributed by atoms with Crippen molar-refractivity contribution in [1.29, 1.82) is 5.26 Å². The van der Waals surface area contributed by atoms with Crippen molar-refractivity contribution in [3.63, 3.8) is 0 Å². The second kappa shape index (κ2) is 3.61. The van der Waals surface area contributed by atoms with Gasteiger partial charge >= 0.3 is 0 Å². The van der Waals surface area contributed by atoms with Gasteiger partial charge in [0.15, 0.2) is 0 Å². The number of nitrogens with zero attached hydrogens (tertiary/aromatic N) is 1. The maximum atomic E-state index is 10.7. The summed E-state index contributed by atoms with van der Waals surface area (Å²) in [7, 11) is 0. The molecule has 3 atom stereocenters. The summed E-state index contributed by atoms with van der Waals surface area (Å²) in [6.07, 6.45) is 0.176. The molecule has 2 heteroatoms. The molecule has 0 aliphatic heterocycles. The largest absolute Gasteiger partial charge is 0.384 e. The van der Waals surface area contributed by atoms with Gasteiger partial charge < -0.3 is 5.11 Å². The fraction of sp³-hybridized carbons (Fsp3) is 0.500. The van der Waals surface area contributed by atoms with E-state index in [-0.39, 0.29) is 12.3 Å². The number of rotatable bonds is 1. The topological polar surface area (TPSA) is 44.0 Å². The van der Waals surface area contributed by atoms with Crippen molar-refractivity contribution in [3.8, 4) is 6.07 Å². The minimum atomic E-state index is -0.963. The molecule has 2 nitrogen and oxygen atoms in total. The highest BCUT2D eigenvalue weighted by Gasteiger charge is 2.46. The molecule has 16 heavy (non-hydrogen) atoms. The Balaban J connectivity index is 2.60. The van der Waals surface area contributed by atoms with Crippen LogP contribution in [0, 0.1) is 24.2 Å². The predicted octanol–water partition coefficient (Wildman–Crippen LogP) is 2.85. The summed E-state index contributed by atoms with van der Waals surface area (Å²) in [5.74, 6) is 0.415. The van der Waals surface area contributed by atoms with Gasteiger partial charge in [0.25, 0.3) is 0 Å². The fourth-order valence-electron chi connectivity index (χ4n) is 2.75. The Bertz CT molecular complexity index is 460. The highest BCUT2D eigenvalue weighted by atomic mass is 16.3. The number of fused-ring (bicyclic) bond motifs is 1. The van der Waals surface area contributed by atoms with Gasteiger partial charge in [-0.3, -0.25) is 0 Å². The van der Waals surface area contributed by atoms with E-state index in [0.717, 1.165) is 11.1 Å². The minimum Gasteiger partial charge on any atom is -0.384 e. The van der Waals surface area contributed by atoms with Crippen LogP contribution in [0.3, 0.4) is 0 Å². The van der Waals surface area contributed by atoms with E-state index in [2.05, 4.69) is 25.1 Å². The van der Waals surface area contributed by atoms with Crippen molar-refractivity contribution in [2.24, 2.45) is 5.92 Å². The summed E-state index contributed by atoms with van der Waals surface area (Å²) in [5.41, 5.74) is 2.32. The van der Waals surface area contributed by atoms with E-state index in [1.54, 1.807) is 0 Å². The monoisotopic (exact) mass is 215 g/mol. The first-order chi connectivity index (χ1) is 7.50. The number of aryl methyl sites for hydroxylation is 1. The second-order valence-corrected chi connectivity index (χ2v) is 4.93. The van der Waals surface area contributed by atoms with E-state index >= 15 is 0 Å².